The minimum absolute atomic E-state index is 0.142. The van der Waals surface area contributed by atoms with Crippen LogP contribution >= 0.6 is 19.4 Å². The van der Waals surface area contributed by atoms with Crippen LogP contribution < -0.4 is 15.8 Å². The molecule has 3 saturated carbocycles. The van der Waals surface area contributed by atoms with Gasteiger partial charge in [0.1, 0.15) is 17.8 Å². The monoisotopic (exact) mass is 860 g/mol. The number of rotatable bonds is 10. The quantitative estimate of drug-likeness (QED) is 0.0856. The van der Waals surface area contributed by atoms with Crippen LogP contribution in [-0.2, 0) is 31.2 Å². The third-order valence-electron chi connectivity index (χ3n) is 9.94. The Bertz CT molecular complexity index is 2600. The van der Waals surface area contributed by atoms with E-state index in [1.165, 1.54) is 21.7 Å². The van der Waals surface area contributed by atoms with Gasteiger partial charge < -0.3 is 29.5 Å². The number of phosphoric ester groups is 1. The summed E-state index contributed by atoms with van der Waals surface area (Å²) in [5.74, 6) is -2.11. The second-order valence-corrected chi connectivity index (χ2v) is 17.1. The number of hydrogen-bond donors (Lipinski definition) is 4. The van der Waals surface area contributed by atoms with E-state index in [9.17, 15) is 42.4 Å². The molecule has 0 unspecified atom stereocenters. The summed E-state index contributed by atoms with van der Waals surface area (Å²) in [6.07, 6.45) is 1.56. The Hall–Kier alpha value is -5.58. The van der Waals surface area contributed by atoms with E-state index in [4.69, 9.17) is 26.2 Å². The maximum atomic E-state index is 14.4. The van der Waals surface area contributed by atoms with E-state index in [0.717, 1.165) is 19.3 Å². The summed E-state index contributed by atoms with van der Waals surface area (Å²) in [6, 6.07) is 11.1. The van der Waals surface area contributed by atoms with Gasteiger partial charge in [-0.05, 0) is 65.8 Å². The number of phosphoric acid groups is 1. The van der Waals surface area contributed by atoms with Gasteiger partial charge in [0.25, 0.3) is 5.56 Å². The molecular formula is C37H37ClF3N8O9P. The number of aromatic nitrogens is 5. The number of carboxylic acid groups (broad SMARTS) is 1. The van der Waals surface area contributed by atoms with Crippen LogP contribution in [0.4, 0.5) is 29.3 Å². The first kappa shape index (κ1) is 43.0. The lowest BCUT2D eigenvalue weighted by Gasteiger charge is -2.61. The van der Waals surface area contributed by atoms with Gasteiger partial charge in [0.05, 0.1) is 39.2 Å². The summed E-state index contributed by atoms with van der Waals surface area (Å²) in [5.41, 5.74) is 1.44. The van der Waals surface area contributed by atoms with E-state index in [1.54, 1.807) is 49.8 Å². The van der Waals surface area contributed by atoms with Gasteiger partial charge >= 0.3 is 26.1 Å². The molecule has 1 atom stereocenters. The molecule has 3 aliphatic rings. The molecule has 3 fully saturated rings. The molecule has 22 heteroatoms. The van der Waals surface area contributed by atoms with E-state index in [1.807, 2.05) is 25.5 Å². The number of nitriles is 1. The molecule has 3 aromatic heterocycles. The molecule has 3 heterocycles. The minimum Gasteiger partial charge on any atom is -0.475 e. The van der Waals surface area contributed by atoms with Crippen molar-refractivity contribution in [2.45, 2.75) is 57.8 Å². The van der Waals surface area contributed by atoms with E-state index in [0.29, 0.717) is 51.1 Å². The Kier molecular flexibility index (Phi) is 11.6. The topological polar surface area (TPSA) is 235 Å². The number of alkyl halides is 3. The van der Waals surface area contributed by atoms with Crippen LogP contribution in [0.3, 0.4) is 0 Å². The Morgan fingerprint density at radius 1 is 1.15 bits per heavy atom. The zero-order chi connectivity index (χ0) is 43.2. The number of aliphatic carboxylic acids is 1. The van der Waals surface area contributed by atoms with Crippen LogP contribution in [0.5, 0.6) is 0 Å². The predicted octanol–water partition coefficient (Wildman–Crippen LogP) is 6.60. The van der Waals surface area contributed by atoms with Crippen LogP contribution in [0, 0.1) is 22.7 Å². The third-order valence-corrected chi connectivity index (χ3v) is 10.7. The second-order valence-electron chi connectivity index (χ2n) is 15.5. The van der Waals surface area contributed by atoms with Gasteiger partial charge in [0.15, 0.2) is 0 Å². The number of ether oxygens (including phenoxy) is 1. The smallest absolute Gasteiger partial charge is 0.475 e. The number of aryl methyl sites for hydroxylation is 1. The lowest BCUT2D eigenvalue weighted by atomic mass is 9.50. The minimum atomic E-state index is -5.08. The molecule has 4 N–H and O–H groups in total. The number of halogens is 4. The molecule has 1 amide bonds. The Labute approximate surface area is 338 Å². The molecule has 0 spiro atoms. The number of nitrogens with one attached hydrogen (secondary N) is 1. The normalized spacial score (nSPS) is 17.8. The summed E-state index contributed by atoms with van der Waals surface area (Å²) < 4.78 is 56.4. The molecule has 5 aromatic rings. The van der Waals surface area contributed by atoms with Crippen molar-refractivity contribution in [1.29, 1.82) is 5.26 Å². The third kappa shape index (κ3) is 9.04. The fourth-order valence-corrected chi connectivity index (χ4v) is 7.46. The number of hydrogen-bond acceptors (Lipinski definition) is 11. The average Bonchev–Trinajstić information content (AvgIpc) is 3.57. The highest BCUT2D eigenvalue weighted by atomic mass is 35.5. The molecule has 8 rings (SSSR count). The molecular weight excluding hydrogens is 824 g/mol. The van der Waals surface area contributed by atoms with Crippen LogP contribution in [0.2, 0.25) is 5.02 Å². The van der Waals surface area contributed by atoms with Crippen molar-refractivity contribution in [2.75, 3.05) is 23.6 Å². The van der Waals surface area contributed by atoms with Crippen LogP contribution in [-0.4, -0.2) is 71.0 Å². The Balaban J connectivity index is 0.000000768. The van der Waals surface area contributed by atoms with Crippen LogP contribution in [0.15, 0.2) is 59.8 Å². The summed E-state index contributed by atoms with van der Waals surface area (Å²) in [6.45, 7) is 5.50. The average molecular weight is 861 g/mol. The lowest BCUT2D eigenvalue weighted by Crippen LogP contribution is -2.59. The van der Waals surface area contributed by atoms with Gasteiger partial charge in [-0.15, -0.1) is 5.10 Å². The fourth-order valence-electron chi connectivity index (χ4n) is 7.00. The lowest BCUT2D eigenvalue weighted by molar-refractivity contribution is -0.192. The van der Waals surface area contributed by atoms with E-state index in [2.05, 4.69) is 31.2 Å². The van der Waals surface area contributed by atoms with E-state index >= 15 is 0 Å². The highest BCUT2D eigenvalue weighted by molar-refractivity contribution is 7.46. The standard InChI is InChI=1S/C35H36ClN8O7P.C2HF3O2/c1-34(2,3)18-39-29-21(15-37)16-38-30-26(29)10-22(11-27(30)36)44(33(46)50-19-51-52(47,48)49)31(28-17-43(41-40-28)35-12-20(13-35)14-35)24-6-5-7-25-23(24)8-9-42(4)32(25)45;3-2(4,5)1(6)7/h5-11,16-17,20,31H,12-14,18-19H2,1-4H3,(H,38,39)(H2,47,48,49);(H,6,7)/t20?,31-,35?;/m0./s1. The molecule has 59 heavy (non-hydrogen) atoms. The summed E-state index contributed by atoms with van der Waals surface area (Å²) in [5, 5.41) is 31.1. The van der Waals surface area contributed by atoms with Crippen molar-refractivity contribution < 1.29 is 51.5 Å². The van der Waals surface area contributed by atoms with Crippen molar-refractivity contribution in [1.82, 2.24) is 24.5 Å². The van der Waals surface area contributed by atoms with Gasteiger partial charge in [0.2, 0.25) is 6.79 Å². The molecule has 0 radical (unpaired) electrons. The number of anilines is 2. The van der Waals surface area contributed by atoms with E-state index in [-0.39, 0.29) is 32.8 Å². The summed E-state index contributed by atoms with van der Waals surface area (Å²) in [7, 11) is -3.38. The molecule has 17 nitrogen and oxygen atoms in total. The maximum Gasteiger partial charge on any atom is 0.490 e. The first-order valence-electron chi connectivity index (χ1n) is 17.8. The maximum absolute atomic E-state index is 14.4. The van der Waals surface area contributed by atoms with Crippen molar-refractivity contribution >= 4 is 64.5 Å². The molecule has 2 bridgehead atoms. The summed E-state index contributed by atoms with van der Waals surface area (Å²) >= 11 is 6.90. The molecule has 312 valence electrons. The number of carboxylic acids is 1. The molecule has 0 saturated heterocycles. The highest BCUT2D eigenvalue weighted by Gasteiger charge is 2.59. The van der Waals surface area contributed by atoms with Crippen LogP contribution in [0.25, 0.3) is 21.7 Å². The van der Waals surface area contributed by atoms with Crippen molar-refractivity contribution in [2.24, 2.45) is 18.4 Å². The first-order chi connectivity index (χ1) is 27.5. The number of fused-ring (bicyclic) bond motifs is 2. The van der Waals surface area contributed by atoms with Gasteiger partial charge in [-0.3, -0.25) is 14.7 Å². The summed E-state index contributed by atoms with van der Waals surface area (Å²) in [4.78, 5) is 61.0. The fraction of sp³-hybridized carbons (Fsp3) is 0.378. The number of carbonyl (C=O) groups excluding carboxylic acids is 1. The largest absolute Gasteiger partial charge is 0.490 e. The number of benzene rings is 2. The zero-order valence-corrected chi connectivity index (χ0v) is 33.4. The van der Waals surface area contributed by atoms with Gasteiger partial charge in [-0.2, -0.15) is 18.4 Å². The predicted molar refractivity (Wildman–Crippen MR) is 206 cm³/mol. The van der Waals surface area contributed by atoms with Gasteiger partial charge in [-0.1, -0.05) is 49.7 Å². The SMILES string of the molecule is Cn1ccc2c([C@@H](c3cn(C45CC(C4)C5)nn3)N(C(=O)OCOP(=O)(O)O)c3cc(Cl)c4ncc(C#N)c(NCC(C)(C)C)c4c3)cccc2c1=O.O=C(O)C(F)(F)F. The van der Waals surface area contributed by atoms with Crippen LogP contribution in [0.1, 0.15) is 62.9 Å². The number of nitrogens with zero attached hydrogens (tertiary/aromatic N) is 7. The molecule has 2 aromatic carbocycles. The van der Waals surface area contributed by atoms with Crippen molar-refractivity contribution in [3.8, 4) is 6.07 Å². The number of amides is 1. The highest BCUT2D eigenvalue weighted by Crippen LogP contribution is 2.62. The van der Waals surface area contributed by atoms with Crippen molar-refractivity contribution in [3.63, 3.8) is 0 Å². The second kappa shape index (κ2) is 15.9. The molecule has 0 aliphatic heterocycles. The Morgan fingerprint density at radius 2 is 1.83 bits per heavy atom. The number of carbonyl (C=O) groups is 2. The van der Waals surface area contributed by atoms with Crippen molar-refractivity contribution in [3.05, 3.63) is 87.2 Å². The molecule has 3 aliphatic carbocycles. The van der Waals surface area contributed by atoms with E-state index < -0.39 is 38.9 Å². The zero-order valence-electron chi connectivity index (χ0n) is 31.8. The first-order valence-corrected chi connectivity index (χ1v) is 19.7. The van der Waals surface area contributed by atoms with Gasteiger partial charge in [0, 0.05) is 36.8 Å². The number of pyridine rings is 2. The Morgan fingerprint density at radius 3 is 2.41 bits per heavy atom. The van der Waals surface area contributed by atoms with Gasteiger partial charge in [-0.25, -0.2) is 23.4 Å².